The predicted octanol–water partition coefficient (Wildman–Crippen LogP) is 2.59. The largest absolute Gasteiger partial charge is 0.376 e. The fourth-order valence-corrected chi connectivity index (χ4v) is 4.40. The number of nitrogens with zero attached hydrogens (tertiary/aromatic N) is 1. The molecule has 2 aliphatic heterocycles. The van der Waals surface area contributed by atoms with Gasteiger partial charge >= 0.3 is 0 Å². The van der Waals surface area contributed by atoms with E-state index >= 15 is 0 Å². The van der Waals surface area contributed by atoms with Crippen molar-refractivity contribution in [3.8, 4) is 0 Å². The zero-order valence-electron chi connectivity index (χ0n) is 12.4. The van der Waals surface area contributed by atoms with Gasteiger partial charge in [-0.15, -0.1) is 11.3 Å². The smallest absolute Gasteiger partial charge is 0.244 e. The van der Waals surface area contributed by atoms with Crippen LogP contribution in [0.4, 0.5) is 0 Å². The van der Waals surface area contributed by atoms with Crippen molar-refractivity contribution in [1.29, 1.82) is 0 Å². The Morgan fingerprint density at radius 3 is 2.90 bits per heavy atom. The first-order valence-corrected chi connectivity index (χ1v) is 8.76. The van der Waals surface area contributed by atoms with Crippen LogP contribution in [0.2, 0.25) is 0 Å². The Morgan fingerprint density at radius 2 is 2.29 bits per heavy atom. The molecule has 1 aromatic heterocycles. The van der Waals surface area contributed by atoms with E-state index in [0.717, 1.165) is 38.8 Å². The molecular weight excluding hydrogens is 284 g/mol. The SMILES string of the molecule is Cc1ccc(C2NC3(CC3)C(=O)N2CC2CCCCO2)s1. The second kappa shape index (κ2) is 5.07. The summed E-state index contributed by atoms with van der Waals surface area (Å²) < 4.78 is 5.85. The van der Waals surface area contributed by atoms with Crippen LogP contribution in [0.5, 0.6) is 0 Å². The van der Waals surface area contributed by atoms with E-state index in [1.807, 2.05) is 4.90 Å². The van der Waals surface area contributed by atoms with Gasteiger partial charge in [0, 0.05) is 22.9 Å². The van der Waals surface area contributed by atoms with Gasteiger partial charge in [0.1, 0.15) is 11.7 Å². The minimum atomic E-state index is -0.253. The lowest BCUT2D eigenvalue weighted by atomic mass is 10.1. The molecule has 0 radical (unpaired) electrons. The molecule has 2 saturated heterocycles. The number of hydrogen-bond donors (Lipinski definition) is 1. The average molecular weight is 306 g/mol. The molecule has 1 aromatic rings. The van der Waals surface area contributed by atoms with Gasteiger partial charge in [0.2, 0.25) is 5.91 Å². The zero-order chi connectivity index (χ0) is 14.4. The van der Waals surface area contributed by atoms with Gasteiger partial charge in [-0.1, -0.05) is 0 Å². The summed E-state index contributed by atoms with van der Waals surface area (Å²) >= 11 is 1.78. The van der Waals surface area contributed by atoms with Crippen molar-refractivity contribution < 1.29 is 9.53 Å². The van der Waals surface area contributed by atoms with Crippen LogP contribution in [0.3, 0.4) is 0 Å². The van der Waals surface area contributed by atoms with Gasteiger partial charge in [0.05, 0.1) is 6.10 Å². The minimum Gasteiger partial charge on any atom is -0.376 e. The normalized spacial score (nSPS) is 31.1. The van der Waals surface area contributed by atoms with Crippen LogP contribution in [0, 0.1) is 6.92 Å². The quantitative estimate of drug-likeness (QED) is 0.933. The van der Waals surface area contributed by atoms with Crippen molar-refractivity contribution in [2.45, 2.75) is 56.8 Å². The summed E-state index contributed by atoms with van der Waals surface area (Å²) in [6.45, 7) is 3.69. The number of carbonyl (C=O) groups excluding carboxylic acids is 1. The Labute approximate surface area is 129 Å². The Kier molecular flexibility index (Phi) is 3.32. The molecule has 114 valence electrons. The third kappa shape index (κ3) is 2.41. The third-order valence-corrected chi connectivity index (χ3v) is 5.90. The van der Waals surface area contributed by atoms with Crippen LogP contribution in [-0.2, 0) is 9.53 Å². The molecule has 4 rings (SSSR count). The summed E-state index contributed by atoms with van der Waals surface area (Å²) in [6.07, 6.45) is 5.66. The van der Waals surface area contributed by atoms with Crippen molar-refractivity contribution in [1.82, 2.24) is 10.2 Å². The number of hydrogen-bond acceptors (Lipinski definition) is 4. The number of ether oxygens (including phenoxy) is 1. The first-order valence-electron chi connectivity index (χ1n) is 7.95. The van der Waals surface area contributed by atoms with Crippen molar-refractivity contribution >= 4 is 17.2 Å². The highest BCUT2D eigenvalue weighted by molar-refractivity contribution is 7.12. The maximum atomic E-state index is 12.8. The Morgan fingerprint density at radius 1 is 1.43 bits per heavy atom. The highest BCUT2D eigenvalue weighted by atomic mass is 32.1. The molecule has 1 spiro atoms. The average Bonchev–Trinajstić information content (AvgIpc) is 3.09. The summed E-state index contributed by atoms with van der Waals surface area (Å²) in [4.78, 5) is 17.3. The van der Waals surface area contributed by atoms with Crippen LogP contribution >= 0.6 is 11.3 Å². The number of amides is 1. The van der Waals surface area contributed by atoms with Crippen molar-refractivity contribution in [2.75, 3.05) is 13.2 Å². The summed E-state index contributed by atoms with van der Waals surface area (Å²) in [5.41, 5.74) is -0.253. The van der Waals surface area contributed by atoms with Gasteiger partial charge in [-0.3, -0.25) is 10.1 Å². The number of nitrogens with one attached hydrogen (secondary N) is 1. The molecule has 0 aromatic carbocycles. The van der Waals surface area contributed by atoms with Crippen LogP contribution in [0.25, 0.3) is 0 Å². The molecule has 1 aliphatic carbocycles. The molecule has 2 atom stereocenters. The van der Waals surface area contributed by atoms with Crippen molar-refractivity contribution in [3.05, 3.63) is 21.9 Å². The number of aryl methyl sites for hydroxylation is 1. The van der Waals surface area contributed by atoms with E-state index in [2.05, 4.69) is 24.4 Å². The van der Waals surface area contributed by atoms with E-state index in [4.69, 9.17) is 4.74 Å². The summed E-state index contributed by atoms with van der Waals surface area (Å²) in [5.74, 6) is 0.285. The first kappa shape index (κ1) is 13.7. The molecule has 2 unspecified atom stereocenters. The topological polar surface area (TPSA) is 41.6 Å². The second-order valence-electron chi connectivity index (χ2n) is 6.52. The summed E-state index contributed by atoms with van der Waals surface area (Å²) in [6, 6.07) is 4.29. The molecule has 0 bridgehead atoms. The number of thiophene rings is 1. The molecule has 4 nitrogen and oxygen atoms in total. The van der Waals surface area contributed by atoms with Gasteiger partial charge in [0.25, 0.3) is 0 Å². The van der Waals surface area contributed by atoms with E-state index in [1.54, 1.807) is 11.3 Å². The molecule has 3 aliphatic rings. The van der Waals surface area contributed by atoms with Crippen LogP contribution < -0.4 is 5.32 Å². The Bertz CT molecular complexity index is 546. The van der Waals surface area contributed by atoms with Crippen LogP contribution in [-0.4, -0.2) is 35.6 Å². The number of rotatable bonds is 3. The lowest BCUT2D eigenvalue weighted by Crippen LogP contribution is -2.39. The van der Waals surface area contributed by atoms with E-state index in [9.17, 15) is 4.79 Å². The highest BCUT2D eigenvalue weighted by Gasteiger charge is 2.59. The van der Waals surface area contributed by atoms with Gasteiger partial charge < -0.3 is 9.64 Å². The van der Waals surface area contributed by atoms with E-state index in [1.165, 1.54) is 16.2 Å². The van der Waals surface area contributed by atoms with Crippen molar-refractivity contribution in [3.63, 3.8) is 0 Å². The Hall–Kier alpha value is -0.910. The second-order valence-corrected chi connectivity index (χ2v) is 7.84. The maximum Gasteiger partial charge on any atom is 0.244 e. The molecule has 3 fully saturated rings. The number of carbonyl (C=O) groups is 1. The van der Waals surface area contributed by atoms with E-state index in [0.29, 0.717) is 0 Å². The van der Waals surface area contributed by atoms with Crippen molar-refractivity contribution in [2.24, 2.45) is 0 Å². The van der Waals surface area contributed by atoms with Gasteiger partial charge in [0.15, 0.2) is 0 Å². The van der Waals surface area contributed by atoms with Gasteiger partial charge in [-0.05, 0) is 51.2 Å². The first-order chi connectivity index (χ1) is 10.2. The standard InChI is InChI=1S/C16H22N2O2S/c1-11-5-6-13(21-11)14-17-16(7-8-16)15(19)18(14)10-12-4-2-3-9-20-12/h5-6,12,14,17H,2-4,7-10H2,1H3. The Balaban J connectivity index is 1.56. The molecule has 1 amide bonds. The predicted molar refractivity (Wildman–Crippen MR) is 82.2 cm³/mol. The molecular formula is C16H22N2O2S. The van der Waals surface area contributed by atoms with E-state index < -0.39 is 0 Å². The van der Waals surface area contributed by atoms with E-state index in [-0.39, 0.29) is 23.7 Å². The summed E-state index contributed by atoms with van der Waals surface area (Å²) in [7, 11) is 0. The maximum absolute atomic E-state index is 12.8. The molecule has 5 heteroatoms. The fourth-order valence-electron chi connectivity index (χ4n) is 3.46. The lowest BCUT2D eigenvalue weighted by molar-refractivity contribution is -0.133. The summed E-state index contributed by atoms with van der Waals surface area (Å²) in [5, 5.41) is 3.59. The fraction of sp³-hybridized carbons (Fsp3) is 0.688. The lowest BCUT2D eigenvalue weighted by Gasteiger charge is -2.30. The monoisotopic (exact) mass is 306 g/mol. The molecule has 21 heavy (non-hydrogen) atoms. The zero-order valence-corrected chi connectivity index (χ0v) is 13.2. The molecule has 3 heterocycles. The van der Waals surface area contributed by atoms with Crippen LogP contribution in [0.1, 0.15) is 48.0 Å². The minimum absolute atomic E-state index is 0.0456. The van der Waals surface area contributed by atoms with Gasteiger partial charge in [-0.2, -0.15) is 0 Å². The molecule has 1 saturated carbocycles. The highest BCUT2D eigenvalue weighted by Crippen LogP contribution is 2.47. The van der Waals surface area contributed by atoms with Gasteiger partial charge in [-0.25, -0.2) is 0 Å². The van der Waals surface area contributed by atoms with Crippen LogP contribution in [0.15, 0.2) is 12.1 Å². The third-order valence-electron chi connectivity index (χ3n) is 4.85. The molecule has 1 N–H and O–H groups in total.